The number of halogens is 2. The first-order chi connectivity index (χ1) is 9.79. The van der Waals surface area contributed by atoms with Gasteiger partial charge in [-0.15, -0.1) is 0 Å². The quantitative estimate of drug-likeness (QED) is 0.887. The number of benzene rings is 1. The van der Waals surface area contributed by atoms with Gasteiger partial charge in [-0.05, 0) is 30.3 Å². The van der Waals surface area contributed by atoms with Gasteiger partial charge in [-0.3, -0.25) is 4.72 Å². The van der Waals surface area contributed by atoms with E-state index >= 15 is 0 Å². The van der Waals surface area contributed by atoms with Gasteiger partial charge in [0.1, 0.15) is 5.82 Å². The zero-order valence-electron chi connectivity index (χ0n) is 10.2. The molecule has 0 aliphatic rings. The number of aromatic nitrogens is 1. The van der Waals surface area contributed by atoms with E-state index in [-0.39, 0.29) is 26.3 Å². The van der Waals surface area contributed by atoms with E-state index in [4.69, 9.17) is 28.3 Å². The molecule has 110 valence electrons. The van der Waals surface area contributed by atoms with Crippen LogP contribution in [0.3, 0.4) is 0 Å². The fourth-order valence-electron chi connectivity index (χ4n) is 1.42. The van der Waals surface area contributed by atoms with E-state index in [1.165, 1.54) is 30.3 Å². The number of rotatable bonds is 4. The van der Waals surface area contributed by atoms with Crippen LogP contribution in [0.5, 0.6) is 0 Å². The Labute approximate surface area is 130 Å². The zero-order chi connectivity index (χ0) is 15.6. The summed E-state index contributed by atoms with van der Waals surface area (Å²) in [5, 5.41) is 9.08. The molecule has 0 radical (unpaired) electrons. The molecule has 0 aliphatic heterocycles. The molecule has 0 unspecified atom stereocenters. The molecular formula is C12H8Cl2N2O4S. The van der Waals surface area contributed by atoms with Crippen molar-refractivity contribution < 1.29 is 18.3 Å². The number of aromatic carboxylic acids is 1. The lowest BCUT2D eigenvalue weighted by Gasteiger charge is -2.08. The third-order valence-electron chi connectivity index (χ3n) is 2.45. The summed E-state index contributed by atoms with van der Waals surface area (Å²) in [6.45, 7) is 0. The van der Waals surface area contributed by atoms with Crippen molar-refractivity contribution in [3.63, 3.8) is 0 Å². The first kappa shape index (κ1) is 15.6. The Bertz CT molecular complexity index is 791. The van der Waals surface area contributed by atoms with Crippen molar-refractivity contribution in [1.82, 2.24) is 4.98 Å². The summed E-state index contributed by atoms with van der Waals surface area (Å²) < 4.78 is 26.4. The Morgan fingerprint density at radius 3 is 2.38 bits per heavy atom. The number of hydrogen-bond donors (Lipinski definition) is 2. The monoisotopic (exact) mass is 346 g/mol. The van der Waals surface area contributed by atoms with Gasteiger partial charge < -0.3 is 5.11 Å². The maximum Gasteiger partial charge on any atom is 0.337 e. The van der Waals surface area contributed by atoms with E-state index in [9.17, 15) is 13.2 Å². The number of nitrogens with zero attached hydrogens (tertiary/aromatic N) is 1. The lowest BCUT2D eigenvalue weighted by molar-refractivity contribution is 0.0696. The Hall–Kier alpha value is -1.83. The Morgan fingerprint density at radius 2 is 1.86 bits per heavy atom. The van der Waals surface area contributed by atoms with Crippen LogP contribution < -0.4 is 4.72 Å². The van der Waals surface area contributed by atoms with Crippen molar-refractivity contribution in [3.05, 3.63) is 52.1 Å². The topological polar surface area (TPSA) is 96.4 Å². The average molecular weight is 347 g/mol. The van der Waals surface area contributed by atoms with Crippen LogP contribution in [0.15, 0.2) is 41.4 Å². The van der Waals surface area contributed by atoms with Crippen LogP contribution in [0, 0.1) is 0 Å². The van der Waals surface area contributed by atoms with E-state index in [1.807, 2.05) is 0 Å². The molecule has 0 aliphatic carbocycles. The molecular weight excluding hydrogens is 339 g/mol. The van der Waals surface area contributed by atoms with E-state index in [0.29, 0.717) is 0 Å². The standard InChI is InChI=1S/C12H8Cl2N2O4S/c13-9-3-2-8(5-10(9)14)21(19,20)16-11-4-1-7(6-15-11)12(17)18/h1-6H,(H,15,16)(H,17,18). The Kier molecular flexibility index (Phi) is 4.36. The summed E-state index contributed by atoms with van der Waals surface area (Å²) >= 11 is 11.5. The summed E-state index contributed by atoms with van der Waals surface area (Å²) in [6, 6.07) is 6.35. The molecule has 2 aromatic rings. The minimum atomic E-state index is -3.89. The second-order valence-electron chi connectivity index (χ2n) is 3.92. The number of sulfonamides is 1. The number of pyridine rings is 1. The molecule has 2 rings (SSSR count). The van der Waals surface area contributed by atoms with Gasteiger partial charge in [-0.1, -0.05) is 23.2 Å². The highest BCUT2D eigenvalue weighted by Crippen LogP contribution is 2.25. The van der Waals surface area contributed by atoms with Gasteiger partial charge in [0.2, 0.25) is 0 Å². The van der Waals surface area contributed by atoms with Crippen LogP contribution in [-0.4, -0.2) is 24.5 Å². The summed E-state index contributed by atoms with van der Waals surface area (Å²) in [5.41, 5.74) is -0.0486. The second-order valence-corrected chi connectivity index (χ2v) is 6.42. The highest BCUT2D eigenvalue weighted by Gasteiger charge is 2.16. The van der Waals surface area contributed by atoms with Crippen molar-refractivity contribution in [2.24, 2.45) is 0 Å². The third-order valence-corrected chi connectivity index (χ3v) is 4.54. The lowest BCUT2D eigenvalue weighted by atomic mass is 10.3. The van der Waals surface area contributed by atoms with Crippen molar-refractivity contribution >= 4 is 45.0 Å². The number of hydrogen-bond acceptors (Lipinski definition) is 4. The van der Waals surface area contributed by atoms with E-state index in [0.717, 1.165) is 6.20 Å². The molecule has 1 aromatic heterocycles. The first-order valence-electron chi connectivity index (χ1n) is 5.47. The number of nitrogens with one attached hydrogen (secondary N) is 1. The van der Waals surface area contributed by atoms with Gasteiger partial charge >= 0.3 is 5.97 Å². The van der Waals surface area contributed by atoms with E-state index in [1.54, 1.807) is 0 Å². The molecule has 0 saturated carbocycles. The van der Waals surface area contributed by atoms with E-state index in [2.05, 4.69) is 9.71 Å². The minimum Gasteiger partial charge on any atom is -0.478 e. The van der Waals surface area contributed by atoms with Crippen LogP contribution in [0.2, 0.25) is 10.0 Å². The molecule has 2 N–H and O–H groups in total. The van der Waals surface area contributed by atoms with Crippen molar-refractivity contribution in [1.29, 1.82) is 0 Å². The molecule has 0 bridgehead atoms. The van der Waals surface area contributed by atoms with E-state index < -0.39 is 16.0 Å². The first-order valence-corrected chi connectivity index (χ1v) is 7.71. The molecule has 21 heavy (non-hydrogen) atoms. The summed E-state index contributed by atoms with van der Waals surface area (Å²) in [5.74, 6) is -1.16. The molecule has 1 heterocycles. The van der Waals surface area contributed by atoms with Gasteiger partial charge in [0.15, 0.2) is 0 Å². The maximum absolute atomic E-state index is 12.1. The predicted octanol–water partition coefficient (Wildman–Crippen LogP) is 2.89. The smallest absolute Gasteiger partial charge is 0.337 e. The van der Waals surface area contributed by atoms with Gasteiger partial charge in [0, 0.05) is 6.20 Å². The maximum atomic E-state index is 12.1. The molecule has 0 saturated heterocycles. The number of carboxylic acid groups (broad SMARTS) is 1. The summed E-state index contributed by atoms with van der Waals surface area (Å²) in [6.07, 6.45) is 1.05. The summed E-state index contributed by atoms with van der Waals surface area (Å²) in [4.78, 5) is 14.3. The van der Waals surface area contributed by atoms with Gasteiger partial charge in [-0.25, -0.2) is 18.2 Å². The highest BCUT2D eigenvalue weighted by molar-refractivity contribution is 7.92. The molecule has 0 atom stereocenters. The Morgan fingerprint density at radius 1 is 1.14 bits per heavy atom. The number of carbonyl (C=O) groups is 1. The van der Waals surface area contributed by atoms with Crippen LogP contribution in [0.1, 0.15) is 10.4 Å². The molecule has 0 fully saturated rings. The molecule has 0 spiro atoms. The predicted molar refractivity (Wildman–Crippen MR) is 78.5 cm³/mol. The highest BCUT2D eigenvalue weighted by atomic mass is 35.5. The molecule has 1 aromatic carbocycles. The fraction of sp³-hybridized carbons (Fsp3) is 0. The lowest BCUT2D eigenvalue weighted by Crippen LogP contribution is -2.14. The minimum absolute atomic E-state index is 0.00827. The largest absolute Gasteiger partial charge is 0.478 e. The van der Waals surface area contributed by atoms with Crippen LogP contribution in [0.4, 0.5) is 5.82 Å². The number of anilines is 1. The van der Waals surface area contributed by atoms with Crippen molar-refractivity contribution in [2.45, 2.75) is 4.90 Å². The Balaban J connectivity index is 2.28. The van der Waals surface area contributed by atoms with Crippen LogP contribution in [0.25, 0.3) is 0 Å². The van der Waals surface area contributed by atoms with Gasteiger partial charge in [0.05, 0.1) is 20.5 Å². The van der Waals surface area contributed by atoms with Crippen molar-refractivity contribution in [3.8, 4) is 0 Å². The zero-order valence-corrected chi connectivity index (χ0v) is 12.6. The summed E-state index contributed by atoms with van der Waals surface area (Å²) in [7, 11) is -3.89. The molecule has 0 amide bonds. The van der Waals surface area contributed by atoms with Crippen LogP contribution >= 0.6 is 23.2 Å². The number of carboxylic acids is 1. The van der Waals surface area contributed by atoms with Crippen molar-refractivity contribution in [2.75, 3.05) is 4.72 Å². The average Bonchev–Trinajstić information content (AvgIpc) is 2.42. The normalized spacial score (nSPS) is 11.1. The fourth-order valence-corrected chi connectivity index (χ4v) is 2.82. The van der Waals surface area contributed by atoms with Crippen LogP contribution in [-0.2, 0) is 10.0 Å². The SMILES string of the molecule is O=C(O)c1ccc(NS(=O)(=O)c2ccc(Cl)c(Cl)c2)nc1. The van der Waals surface area contributed by atoms with Gasteiger partial charge in [0.25, 0.3) is 10.0 Å². The third kappa shape index (κ3) is 3.63. The van der Waals surface area contributed by atoms with Gasteiger partial charge in [-0.2, -0.15) is 0 Å². The molecule has 9 heteroatoms. The molecule has 6 nitrogen and oxygen atoms in total. The second kappa shape index (κ2) is 5.88.